The van der Waals surface area contributed by atoms with Crippen LogP contribution in [-0.4, -0.2) is 54.1 Å². The summed E-state index contributed by atoms with van der Waals surface area (Å²) in [4.78, 5) is 25.9. The van der Waals surface area contributed by atoms with Gasteiger partial charge in [0.15, 0.2) is 0 Å². The summed E-state index contributed by atoms with van der Waals surface area (Å²) in [7, 11) is 1.66. The van der Waals surface area contributed by atoms with E-state index in [1.807, 2.05) is 11.0 Å². The predicted octanol–water partition coefficient (Wildman–Crippen LogP) is 2.37. The van der Waals surface area contributed by atoms with Gasteiger partial charge in [0.25, 0.3) is 0 Å². The fourth-order valence-electron chi connectivity index (χ4n) is 2.82. The maximum Gasteiger partial charge on any atom is 0.242 e. The minimum atomic E-state index is -0.150. The summed E-state index contributed by atoms with van der Waals surface area (Å²) in [5.74, 6) is 1.79. The van der Waals surface area contributed by atoms with Crippen molar-refractivity contribution in [3.05, 3.63) is 17.6 Å². The Kier molecular flexibility index (Phi) is 6.15. The largest absolute Gasteiger partial charge is 0.378 e. The van der Waals surface area contributed by atoms with Crippen LogP contribution < -0.4 is 4.90 Å². The SMILES string of the molecule is CCCN1CCCN(c2cc(COC)nc(C(C)(C)C)n2)CC1=O. The zero-order valence-corrected chi connectivity index (χ0v) is 15.6. The van der Waals surface area contributed by atoms with Crippen molar-refractivity contribution in [3.8, 4) is 0 Å². The Morgan fingerprint density at radius 1 is 1.25 bits per heavy atom. The summed E-state index contributed by atoms with van der Waals surface area (Å²) in [6.45, 7) is 11.7. The van der Waals surface area contributed by atoms with Crippen LogP contribution in [0.4, 0.5) is 5.82 Å². The molecule has 1 amide bonds. The highest BCUT2D eigenvalue weighted by Gasteiger charge is 2.25. The number of aromatic nitrogens is 2. The molecule has 0 N–H and O–H groups in total. The predicted molar refractivity (Wildman–Crippen MR) is 95.1 cm³/mol. The fraction of sp³-hybridized carbons (Fsp3) is 0.722. The molecule has 1 saturated heterocycles. The van der Waals surface area contributed by atoms with E-state index >= 15 is 0 Å². The standard InChI is InChI=1S/C18H30N4O2/c1-6-8-21-9-7-10-22(12-16(21)23)15-11-14(13-24-5)19-17(20-15)18(2,3)4/h11H,6-10,12-13H2,1-5H3. The van der Waals surface area contributed by atoms with Gasteiger partial charge in [-0.15, -0.1) is 0 Å². The first-order valence-corrected chi connectivity index (χ1v) is 8.75. The molecule has 1 fully saturated rings. The fourth-order valence-corrected chi connectivity index (χ4v) is 2.82. The van der Waals surface area contributed by atoms with Crippen LogP contribution in [0.25, 0.3) is 0 Å². The zero-order chi connectivity index (χ0) is 17.7. The molecule has 2 heterocycles. The summed E-state index contributed by atoms with van der Waals surface area (Å²) in [6.07, 6.45) is 1.95. The molecule has 2 rings (SSSR count). The van der Waals surface area contributed by atoms with E-state index in [-0.39, 0.29) is 11.3 Å². The van der Waals surface area contributed by atoms with Gasteiger partial charge in [0.2, 0.25) is 5.91 Å². The molecule has 1 aliphatic rings. The van der Waals surface area contributed by atoms with Gasteiger partial charge < -0.3 is 14.5 Å². The van der Waals surface area contributed by atoms with Crippen LogP contribution in [0.5, 0.6) is 0 Å². The number of carbonyl (C=O) groups excluding carboxylic acids is 1. The third kappa shape index (κ3) is 4.66. The first-order valence-electron chi connectivity index (χ1n) is 8.75. The Morgan fingerprint density at radius 3 is 2.62 bits per heavy atom. The third-order valence-corrected chi connectivity index (χ3v) is 4.08. The summed E-state index contributed by atoms with van der Waals surface area (Å²) >= 11 is 0. The molecule has 1 aromatic rings. The van der Waals surface area contributed by atoms with Gasteiger partial charge in [-0.2, -0.15) is 0 Å². The van der Waals surface area contributed by atoms with Crippen molar-refractivity contribution in [3.63, 3.8) is 0 Å². The third-order valence-electron chi connectivity index (χ3n) is 4.08. The lowest BCUT2D eigenvalue weighted by molar-refractivity contribution is -0.129. The Bertz CT molecular complexity index is 569. The highest BCUT2D eigenvalue weighted by Crippen LogP contribution is 2.23. The molecule has 0 bridgehead atoms. The number of ether oxygens (including phenoxy) is 1. The first-order chi connectivity index (χ1) is 11.3. The van der Waals surface area contributed by atoms with E-state index in [1.54, 1.807) is 7.11 Å². The lowest BCUT2D eigenvalue weighted by Gasteiger charge is -2.25. The molecule has 0 aliphatic carbocycles. The number of anilines is 1. The second kappa shape index (κ2) is 7.92. The van der Waals surface area contributed by atoms with Crippen molar-refractivity contribution in [2.75, 3.05) is 38.2 Å². The Morgan fingerprint density at radius 2 is 2.00 bits per heavy atom. The maximum atomic E-state index is 12.5. The van der Waals surface area contributed by atoms with Gasteiger partial charge in [0.05, 0.1) is 18.8 Å². The molecule has 6 nitrogen and oxygen atoms in total. The van der Waals surface area contributed by atoms with E-state index in [0.717, 1.165) is 49.8 Å². The molecule has 0 aromatic carbocycles. The molecule has 0 unspecified atom stereocenters. The van der Waals surface area contributed by atoms with E-state index < -0.39 is 0 Å². The number of nitrogens with zero attached hydrogens (tertiary/aromatic N) is 4. The molecule has 24 heavy (non-hydrogen) atoms. The summed E-state index contributed by atoms with van der Waals surface area (Å²) in [6, 6.07) is 1.95. The zero-order valence-electron chi connectivity index (χ0n) is 15.6. The number of rotatable bonds is 5. The number of amides is 1. The number of hydrogen-bond donors (Lipinski definition) is 0. The minimum absolute atomic E-state index is 0.150. The minimum Gasteiger partial charge on any atom is -0.378 e. The number of methoxy groups -OCH3 is 1. The molecule has 1 aromatic heterocycles. The van der Waals surface area contributed by atoms with Crippen LogP contribution in [0.1, 0.15) is 52.1 Å². The van der Waals surface area contributed by atoms with Gasteiger partial charge in [0, 0.05) is 38.2 Å². The summed E-state index contributed by atoms with van der Waals surface area (Å²) < 4.78 is 5.25. The smallest absolute Gasteiger partial charge is 0.242 e. The molecule has 6 heteroatoms. The van der Waals surface area contributed by atoms with Gasteiger partial charge in [-0.05, 0) is 12.8 Å². The Hall–Kier alpha value is -1.69. The molecule has 134 valence electrons. The molecule has 1 aliphatic heterocycles. The van der Waals surface area contributed by atoms with Crippen LogP contribution in [0, 0.1) is 0 Å². The molecule has 0 atom stereocenters. The van der Waals surface area contributed by atoms with Crippen LogP contribution >= 0.6 is 0 Å². The maximum absolute atomic E-state index is 12.5. The van der Waals surface area contributed by atoms with Crippen molar-refractivity contribution in [1.29, 1.82) is 0 Å². The van der Waals surface area contributed by atoms with E-state index in [1.165, 1.54) is 0 Å². The van der Waals surface area contributed by atoms with Crippen molar-refractivity contribution in [2.24, 2.45) is 0 Å². The van der Waals surface area contributed by atoms with Gasteiger partial charge in [0.1, 0.15) is 11.6 Å². The highest BCUT2D eigenvalue weighted by molar-refractivity contribution is 5.81. The normalized spacial score (nSPS) is 16.5. The average molecular weight is 334 g/mol. The Labute approximate surface area is 145 Å². The van der Waals surface area contributed by atoms with E-state index in [4.69, 9.17) is 9.72 Å². The average Bonchev–Trinajstić information content (AvgIpc) is 2.69. The quantitative estimate of drug-likeness (QED) is 0.827. The van der Waals surface area contributed by atoms with Gasteiger partial charge in [-0.25, -0.2) is 9.97 Å². The van der Waals surface area contributed by atoms with Gasteiger partial charge >= 0.3 is 0 Å². The first kappa shape index (κ1) is 18.6. The lowest BCUT2D eigenvalue weighted by atomic mass is 9.95. The van der Waals surface area contributed by atoms with Crippen LogP contribution in [-0.2, 0) is 21.6 Å². The van der Waals surface area contributed by atoms with Gasteiger partial charge in [-0.1, -0.05) is 27.7 Å². The van der Waals surface area contributed by atoms with Crippen LogP contribution in [0.2, 0.25) is 0 Å². The van der Waals surface area contributed by atoms with Crippen LogP contribution in [0.3, 0.4) is 0 Å². The second-order valence-corrected chi connectivity index (χ2v) is 7.38. The van der Waals surface area contributed by atoms with Crippen molar-refractivity contribution < 1.29 is 9.53 Å². The highest BCUT2D eigenvalue weighted by atomic mass is 16.5. The summed E-state index contributed by atoms with van der Waals surface area (Å²) in [5, 5.41) is 0. The van der Waals surface area contributed by atoms with E-state index in [2.05, 4.69) is 37.6 Å². The van der Waals surface area contributed by atoms with E-state index in [9.17, 15) is 4.79 Å². The number of hydrogen-bond acceptors (Lipinski definition) is 5. The molecular weight excluding hydrogens is 304 g/mol. The molecule has 0 saturated carbocycles. The molecule has 0 radical (unpaired) electrons. The van der Waals surface area contributed by atoms with E-state index in [0.29, 0.717) is 13.2 Å². The Balaban J connectivity index is 2.29. The molecular formula is C18H30N4O2. The summed E-state index contributed by atoms with van der Waals surface area (Å²) in [5.41, 5.74) is 0.706. The van der Waals surface area contributed by atoms with Gasteiger partial charge in [-0.3, -0.25) is 4.79 Å². The lowest BCUT2D eigenvalue weighted by Crippen LogP contribution is -2.37. The van der Waals surface area contributed by atoms with Crippen molar-refractivity contribution >= 4 is 11.7 Å². The monoisotopic (exact) mass is 334 g/mol. The topological polar surface area (TPSA) is 58.6 Å². The second-order valence-electron chi connectivity index (χ2n) is 7.38. The molecule has 0 spiro atoms. The van der Waals surface area contributed by atoms with Crippen LogP contribution in [0.15, 0.2) is 6.07 Å². The van der Waals surface area contributed by atoms with Crippen molar-refractivity contribution in [2.45, 2.75) is 52.6 Å². The number of carbonyl (C=O) groups is 1. The van der Waals surface area contributed by atoms with Crippen molar-refractivity contribution in [1.82, 2.24) is 14.9 Å².